The average molecular weight is 575 g/mol. The second-order valence-electron chi connectivity index (χ2n) is 9.99. The molecule has 1 aliphatic heterocycles. The topological polar surface area (TPSA) is 122 Å². The van der Waals surface area contributed by atoms with Crippen LogP contribution in [0.1, 0.15) is 64.1 Å². The van der Waals surface area contributed by atoms with E-state index in [-0.39, 0.29) is 18.7 Å². The molecule has 0 fully saturated rings. The van der Waals surface area contributed by atoms with Crippen LogP contribution in [0, 0.1) is 6.92 Å². The smallest absolute Gasteiger partial charge is 0.247 e. The number of aromatic nitrogens is 3. The summed E-state index contributed by atoms with van der Waals surface area (Å²) in [5.74, 6) is 0.676. The Hall–Kier alpha value is -3.86. The Labute approximate surface area is 239 Å². The molecule has 3 heterocycles. The number of carbonyl (C=O) groups excluding carboxylic acids is 2. The monoisotopic (exact) mass is 574 g/mol. The quantitative estimate of drug-likeness (QED) is 0.217. The van der Waals surface area contributed by atoms with Gasteiger partial charge in [-0.3, -0.25) is 24.4 Å². The van der Waals surface area contributed by atoms with Crippen molar-refractivity contribution in [1.82, 2.24) is 20.2 Å². The van der Waals surface area contributed by atoms with Gasteiger partial charge in [-0.15, -0.1) is 21.5 Å². The van der Waals surface area contributed by atoms with Crippen LogP contribution < -0.4 is 10.8 Å². The van der Waals surface area contributed by atoms with Gasteiger partial charge in [-0.1, -0.05) is 35.9 Å². The number of benzene rings is 2. The zero-order valence-corrected chi connectivity index (χ0v) is 23.3. The molecular weight excluding hydrogens is 548 g/mol. The van der Waals surface area contributed by atoms with Crippen molar-refractivity contribution in [2.75, 3.05) is 5.32 Å². The number of aryl methyl sites for hydroxylation is 2. The predicted molar refractivity (Wildman–Crippen MR) is 154 cm³/mol. The largest absolute Gasteiger partial charge is 0.326 e. The number of fused-ring (bicyclic) bond motifs is 5. The molecule has 0 spiro atoms. The summed E-state index contributed by atoms with van der Waals surface area (Å²) < 4.78 is 2.07. The summed E-state index contributed by atoms with van der Waals surface area (Å²) in [5.41, 5.74) is 7.16. The number of anilines is 1. The Kier molecular flexibility index (Phi) is 7.22. The first-order valence-corrected chi connectivity index (χ1v) is 14.3. The Balaban J connectivity index is 1.36. The zero-order valence-electron chi connectivity index (χ0n) is 21.8. The van der Waals surface area contributed by atoms with Crippen LogP contribution in [0.25, 0.3) is 5.00 Å². The first kappa shape index (κ1) is 26.4. The van der Waals surface area contributed by atoms with Gasteiger partial charge >= 0.3 is 0 Å². The molecule has 2 aromatic heterocycles. The summed E-state index contributed by atoms with van der Waals surface area (Å²) in [7, 11) is 0. The summed E-state index contributed by atoms with van der Waals surface area (Å²) in [6.07, 6.45) is 4.45. The number of halogens is 1. The maximum absolute atomic E-state index is 13.3. The van der Waals surface area contributed by atoms with Crippen molar-refractivity contribution in [2.45, 2.75) is 51.5 Å². The minimum absolute atomic E-state index is 0.0395. The van der Waals surface area contributed by atoms with Crippen molar-refractivity contribution in [3.8, 4) is 5.00 Å². The molecule has 2 aliphatic rings. The normalized spacial score (nSPS) is 15.8. The van der Waals surface area contributed by atoms with Gasteiger partial charge in [0.25, 0.3) is 0 Å². The van der Waals surface area contributed by atoms with Crippen molar-refractivity contribution in [2.24, 2.45) is 4.99 Å². The summed E-state index contributed by atoms with van der Waals surface area (Å²) >= 11 is 8.00. The second kappa shape index (κ2) is 11.0. The highest BCUT2D eigenvalue weighted by atomic mass is 35.5. The van der Waals surface area contributed by atoms with Crippen LogP contribution in [0.15, 0.2) is 53.5 Å². The lowest BCUT2D eigenvalue weighted by atomic mass is 9.91. The third-order valence-electron chi connectivity index (χ3n) is 7.25. The molecule has 9 nitrogen and oxygen atoms in total. The standard InChI is InChI=1S/C29H27ClN6O3S/c1-16-33-34-28-22(15-24(37)31-20-12-6-17(7-13-20)14-25(38)35-39)32-27(18-8-10-19(30)11-9-18)26-21-4-2-3-5-23(21)40-29(26)36(16)28/h6-13,22,39H,2-5,14-15H2,1H3,(H,31,37)(H,35,38)/t22-/m0/s1. The number of hydroxylamine groups is 1. The molecule has 2 aromatic carbocycles. The van der Waals surface area contributed by atoms with Crippen LogP contribution in [0.4, 0.5) is 5.69 Å². The van der Waals surface area contributed by atoms with Gasteiger partial charge < -0.3 is 5.32 Å². The lowest BCUT2D eigenvalue weighted by Gasteiger charge is -2.16. The minimum Gasteiger partial charge on any atom is -0.326 e. The molecule has 2 amide bonds. The summed E-state index contributed by atoms with van der Waals surface area (Å²) in [6, 6.07) is 14.0. The molecule has 0 unspecified atom stereocenters. The average Bonchev–Trinajstić information content (AvgIpc) is 3.49. The Bertz CT molecular complexity index is 1620. The predicted octanol–water partition coefficient (Wildman–Crippen LogP) is 5.14. The van der Waals surface area contributed by atoms with E-state index in [1.54, 1.807) is 41.1 Å². The van der Waals surface area contributed by atoms with Crippen molar-refractivity contribution >= 4 is 46.2 Å². The number of hydrogen-bond acceptors (Lipinski definition) is 7. The second-order valence-corrected chi connectivity index (χ2v) is 11.5. The molecule has 204 valence electrons. The summed E-state index contributed by atoms with van der Waals surface area (Å²) in [6.45, 7) is 1.93. The van der Waals surface area contributed by atoms with E-state index >= 15 is 0 Å². The third-order valence-corrected chi connectivity index (χ3v) is 8.78. The Morgan fingerprint density at radius 3 is 2.55 bits per heavy atom. The third kappa shape index (κ3) is 5.05. The van der Waals surface area contributed by atoms with Crippen LogP contribution in [0.2, 0.25) is 5.02 Å². The molecule has 0 radical (unpaired) electrons. The highest BCUT2D eigenvalue weighted by Gasteiger charge is 2.34. The molecule has 40 heavy (non-hydrogen) atoms. The molecule has 6 rings (SSSR count). The van der Waals surface area contributed by atoms with E-state index in [0.717, 1.165) is 46.9 Å². The van der Waals surface area contributed by atoms with Crippen LogP contribution in [0.3, 0.4) is 0 Å². The van der Waals surface area contributed by atoms with Crippen molar-refractivity contribution in [3.63, 3.8) is 0 Å². The number of amides is 2. The molecule has 3 N–H and O–H groups in total. The van der Waals surface area contributed by atoms with E-state index in [1.165, 1.54) is 16.9 Å². The van der Waals surface area contributed by atoms with Gasteiger partial charge in [0.2, 0.25) is 11.8 Å². The fraction of sp³-hybridized carbons (Fsp3) is 0.276. The fourth-order valence-corrected chi connectivity index (χ4v) is 6.93. The molecule has 11 heteroatoms. The van der Waals surface area contributed by atoms with E-state index in [4.69, 9.17) is 21.8 Å². The Morgan fingerprint density at radius 2 is 1.80 bits per heavy atom. The maximum Gasteiger partial charge on any atom is 0.247 e. The summed E-state index contributed by atoms with van der Waals surface area (Å²) in [4.78, 5) is 31.3. The van der Waals surface area contributed by atoms with E-state index in [2.05, 4.69) is 20.1 Å². The number of hydrogen-bond donors (Lipinski definition) is 3. The first-order valence-electron chi connectivity index (χ1n) is 13.1. The molecule has 1 atom stereocenters. The highest BCUT2D eigenvalue weighted by molar-refractivity contribution is 7.15. The maximum atomic E-state index is 13.3. The van der Waals surface area contributed by atoms with Crippen molar-refractivity contribution < 1.29 is 14.8 Å². The highest BCUT2D eigenvalue weighted by Crippen LogP contribution is 2.42. The van der Waals surface area contributed by atoms with Gasteiger partial charge in [0.15, 0.2) is 5.82 Å². The van der Waals surface area contributed by atoms with Gasteiger partial charge in [-0.2, -0.15) is 0 Å². The first-order chi connectivity index (χ1) is 19.4. The lowest BCUT2D eigenvalue weighted by molar-refractivity contribution is -0.128. The van der Waals surface area contributed by atoms with E-state index in [0.29, 0.717) is 22.1 Å². The number of nitrogens with one attached hydrogen (secondary N) is 2. The molecule has 0 bridgehead atoms. The number of nitrogens with zero attached hydrogens (tertiary/aromatic N) is 4. The molecule has 0 saturated heterocycles. The summed E-state index contributed by atoms with van der Waals surface area (Å²) in [5, 5.41) is 22.3. The molecule has 4 aromatic rings. The van der Waals surface area contributed by atoms with Crippen molar-refractivity contribution in [3.05, 3.63) is 92.3 Å². The van der Waals surface area contributed by atoms with Gasteiger partial charge in [0.05, 0.1) is 18.6 Å². The van der Waals surface area contributed by atoms with E-state index < -0.39 is 11.9 Å². The van der Waals surface area contributed by atoms with Crippen molar-refractivity contribution in [1.29, 1.82) is 0 Å². The molecule has 0 saturated carbocycles. The van der Waals surface area contributed by atoms with Crippen LogP contribution >= 0.6 is 22.9 Å². The van der Waals surface area contributed by atoms with Gasteiger partial charge in [-0.25, -0.2) is 5.48 Å². The zero-order chi connectivity index (χ0) is 27.8. The van der Waals surface area contributed by atoms with Gasteiger partial charge in [0, 0.05) is 26.7 Å². The van der Waals surface area contributed by atoms with E-state index in [9.17, 15) is 9.59 Å². The number of carbonyl (C=O) groups is 2. The Morgan fingerprint density at radius 1 is 1.05 bits per heavy atom. The lowest BCUT2D eigenvalue weighted by Crippen LogP contribution is -2.20. The van der Waals surface area contributed by atoms with Gasteiger partial charge in [-0.05, 0) is 68.0 Å². The SMILES string of the molecule is Cc1nnc2n1-c1sc3c(c1C(c1ccc(Cl)cc1)=N[C@H]2CC(=O)Nc1ccc(CC(=O)NO)cc1)CCCC3. The number of aliphatic imine (C=N–C) groups is 1. The van der Waals surface area contributed by atoms with Crippen LogP contribution in [-0.4, -0.2) is 37.5 Å². The van der Waals surface area contributed by atoms with Gasteiger partial charge in [0.1, 0.15) is 16.9 Å². The fourth-order valence-electron chi connectivity index (χ4n) is 5.36. The molecular formula is C29H27ClN6O3S. The minimum atomic E-state index is -0.557. The molecule has 1 aliphatic carbocycles. The number of rotatable bonds is 6. The van der Waals surface area contributed by atoms with Crippen LogP contribution in [0.5, 0.6) is 0 Å². The number of thiophene rings is 1. The van der Waals surface area contributed by atoms with E-state index in [1.807, 2.05) is 31.2 Å². The van der Waals surface area contributed by atoms with Crippen LogP contribution in [-0.2, 0) is 28.9 Å².